The molecule has 8 nitrogen and oxygen atoms in total. The third-order valence-electron chi connectivity index (χ3n) is 4.56. The largest absolute Gasteiger partial charge is 0.497 e. The minimum atomic E-state index is -3.07. The van der Waals surface area contributed by atoms with Crippen LogP contribution in [0.4, 0.5) is 10.5 Å². The highest BCUT2D eigenvalue weighted by Gasteiger charge is 2.28. The smallest absolute Gasteiger partial charge is 0.319 e. The molecule has 3 N–H and O–H groups in total. The standard InChI is InChI=1S/C20H23N3O5S/c1-28-18-7-5-14(6-8-18)12-21-19(24)15-3-2-4-16(11-15)22-20(25)23-17-9-10-29(26,27)13-17/h2-8,11,17H,9-10,12-13H2,1H3,(H,21,24)(H2,22,23,25)/t17-/m0/s1. The highest BCUT2D eigenvalue weighted by atomic mass is 32.2. The number of sulfone groups is 1. The first-order valence-electron chi connectivity index (χ1n) is 9.14. The average molecular weight is 417 g/mol. The van der Waals surface area contributed by atoms with Crippen LogP contribution in [0, 0.1) is 0 Å². The molecule has 3 rings (SSSR count). The van der Waals surface area contributed by atoms with Crippen LogP contribution in [-0.4, -0.2) is 45.0 Å². The van der Waals surface area contributed by atoms with Gasteiger partial charge >= 0.3 is 6.03 Å². The molecule has 1 aliphatic rings. The number of nitrogens with one attached hydrogen (secondary N) is 3. The fourth-order valence-corrected chi connectivity index (χ4v) is 4.70. The lowest BCUT2D eigenvalue weighted by molar-refractivity contribution is 0.0951. The summed E-state index contributed by atoms with van der Waals surface area (Å²) in [6, 6.07) is 13.0. The Hall–Kier alpha value is -3.07. The van der Waals surface area contributed by atoms with Crippen LogP contribution >= 0.6 is 0 Å². The summed E-state index contributed by atoms with van der Waals surface area (Å²) in [6.45, 7) is 0.358. The lowest BCUT2D eigenvalue weighted by Gasteiger charge is -2.13. The van der Waals surface area contributed by atoms with Gasteiger partial charge in [-0.15, -0.1) is 0 Å². The zero-order valence-corrected chi connectivity index (χ0v) is 16.8. The molecule has 9 heteroatoms. The summed E-state index contributed by atoms with van der Waals surface area (Å²) in [5.74, 6) is 0.509. The molecule has 1 heterocycles. The molecule has 0 bridgehead atoms. The van der Waals surface area contributed by atoms with Gasteiger partial charge in [0.05, 0.1) is 18.6 Å². The van der Waals surface area contributed by atoms with Crippen LogP contribution in [0.2, 0.25) is 0 Å². The Labute approximate surface area is 169 Å². The number of carbonyl (C=O) groups is 2. The molecule has 0 aromatic heterocycles. The normalized spacial score (nSPS) is 17.3. The van der Waals surface area contributed by atoms with E-state index < -0.39 is 21.9 Å². The van der Waals surface area contributed by atoms with E-state index in [1.54, 1.807) is 31.4 Å². The molecule has 0 aliphatic carbocycles. The van der Waals surface area contributed by atoms with Crippen molar-refractivity contribution in [2.24, 2.45) is 0 Å². The lowest BCUT2D eigenvalue weighted by atomic mass is 10.1. The van der Waals surface area contributed by atoms with Crippen molar-refractivity contribution in [3.63, 3.8) is 0 Å². The zero-order valence-electron chi connectivity index (χ0n) is 16.0. The van der Waals surface area contributed by atoms with Crippen molar-refractivity contribution in [1.29, 1.82) is 0 Å². The molecule has 0 unspecified atom stereocenters. The summed E-state index contributed by atoms with van der Waals surface area (Å²) in [5, 5.41) is 8.11. The summed E-state index contributed by atoms with van der Waals surface area (Å²) in [7, 11) is -1.48. The first-order valence-corrected chi connectivity index (χ1v) is 11.0. The number of carbonyl (C=O) groups excluding carboxylic acids is 2. The summed E-state index contributed by atoms with van der Waals surface area (Å²) >= 11 is 0. The highest BCUT2D eigenvalue weighted by molar-refractivity contribution is 7.91. The van der Waals surface area contributed by atoms with Crippen molar-refractivity contribution in [3.05, 3.63) is 59.7 Å². The maximum atomic E-state index is 12.4. The van der Waals surface area contributed by atoms with E-state index in [0.29, 0.717) is 24.2 Å². The van der Waals surface area contributed by atoms with Crippen LogP contribution in [0.5, 0.6) is 5.75 Å². The first kappa shape index (κ1) is 20.7. The molecule has 0 spiro atoms. The minimum absolute atomic E-state index is 0.0474. The minimum Gasteiger partial charge on any atom is -0.497 e. The second kappa shape index (κ2) is 8.95. The van der Waals surface area contributed by atoms with Gasteiger partial charge < -0.3 is 20.7 Å². The average Bonchev–Trinajstić information content (AvgIpc) is 3.04. The number of hydrogen-bond donors (Lipinski definition) is 3. The van der Waals surface area contributed by atoms with Gasteiger partial charge in [-0.3, -0.25) is 4.79 Å². The van der Waals surface area contributed by atoms with Gasteiger partial charge in [-0.05, 0) is 42.3 Å². The number of urea groups is 1. The molecular formula is C20H23N3O5S. The molecule has 1 fully saturated rings. The van der Waals surface area contributed by atoms with Crippen molar-refractivity contribution in [2.45, 2.75) is 19.0 Å². The Balaban J connectivity index is 1.54. The van der Waals surface area contributed by atoms with Gasteiger partial charge in [-0.25, -0.2) is 13.2 Å². The molecule has 1 atom stereocenters. The molecule has 2 aromatic carbocycles. The molecular weight excluding hydrogens is 394 g/mol. The van der Waals surface area contributed by atoms with E-state index >= 15 is 0 Å². The monoisotopic (exact) mass is 417 g/mol. The number of hydrogen-bond acceptors (Lipinski definition) is 5. The SMILES string of the molecule is COc1ccc(CNC(=O)c2cccc(NC(=O)N[C@H]3CCS(=O)(=O)C3)c2)cc1. The maximum Gasteiger partial charge on any atom is 0.319 e. The van der Waals surface area contributed by atoms with Crippen LogP contribution in [0.3, 0.4) is 0 Å². The van der Waals surface area contributed by atoms with E-state index in [4.69, 9.17) is 4.74 Å². The van der Waals surface area contributed by atoms with Gasteiger partial charge in [-0.2, -0.15) is 0 Å². The van der Waals surface area contributed by atoms with Gasteiger partial charge in [0.25, 0.3) is 5.91 Å². The fourth-order valence-electron chi connectivity index (χ4n) is 3.03. The number of amides is 3. The van der Waals surface area contributed by atoms with E-state index in [2.05, 4.69) is 16.0 Å². The van der Waals surface area contributed by atoms with Crippen LogP contribution in [0.15, 0.2) is 48.5 Å². The Kier molecular flexibility index (Phi) is 6.38. The van der Waals surface area contributed by atoms with Crippen molar-refractivity contribution in [1.82, 2.24) is 10.6 Å². The number of methoxy groups -OCH3 is 1. The van der Waals surface area contributed by atoms with E-state index in [1.165, 1.54) is 0 Å². The summed E-state index contributed by atoms with van der Waals surface area (Å²) in [5.41, 5.74) is 1.78. The van der Waals surface area contributed by atoms with Crippen molar-refractivity contribution < 1.29 is 22.7 Å². The second-order valence-corrected chi connectivity index (χ2v) is 9.04. The molecule has 0 radical (unpaired) electrons. The topological polar surface area (TPSA) is 114 Å². The van der Waals surface area contributed by atoms with Gasteiger partial charge in [0.15, 0.2) is 9.84 Å². The third-order valence-corrected chi connectivity index (χ3v) is 6.33. The Morgan fingerprint density at radius 2 is 1.90 bits per heavy atom. The number of rotatable bonds is 6. The second-order valence-electron chi connectivity index (χ2n) is 6.81. The first-order chi connectivity index (χ1) is 13.8. The van der Waals surface area contributed by atoms with Crippen molar-refractivity contribution >= 4 is 27.5 Å². The predicted octanol–water partition coefficient (Wildman–Crippen LogP) is 1.93. The number of anilines is 1. The lowest BCUT2D eigenvalue weighted by Crippen LogP contribution is -2.38. The molecule has 1 saturated heterocycles. The molecule has 0 saturated carbocycles. The van der Waals surface area contributed by atoms with Gasteiger partial charge in [0.2, 0.25) is 0 Å². The molecule has 1 aliphatic heterocycles. The van der Waals surface area contributed by atoms with E-state index in [0.717, 1.165) is 11.3 Å². The zero-order chi connectivity index (χ0) is 20.9. The maximum absolute atomic E-state index is 12.4. The molecule has 154 valence electrons. The van der Waals surface area contributed by atoms with Gasteiger partial charge in [-0.1, -0.05) is 18.2 Å². The highest BCUT2D eigenvalue weighted by Crippen LogP contribution is 2.14. The van der Waals surface area contributed by atoms with Crippen LogP contribution in [-0.2, 0) is 16.4 Å². The summed E-state index contributed by atoms with van der Waals surface area (Å²) in [4.78, 5) is 24.5. The summed E-state index contributed by atoms with van der Waals surface area (Å²) in [6.07, 6.45) is 0.406. The summed E-state index contributed by atoms with van der Waals surface area (Å²) < 4.78 is 28.1. The Morgan fingerprint density at radius 1 is 1.14 bits per heavy atom. The predicted molar refractivity (Wildman–Crippen MR) is 110 cm³/mol. The number of benzene rings is 2. The quantitative estimate of drug-likeness (QED) is 0.665. The van der Waals surface area contributed by atoms with Crippen LogP contribution in [0.1, 0.15) is 22.3 Å². The van der Waals surface area contributed by atoms with Crippen LogP contribution in [0.25, 0.3) is 0 Å². The van der Waals surface area contributed by atoms with Gasteiger partial charge in [0.1, 0.15) is 5.75 Å². The van der Waals surface area contributed by atoms with E-state index in [9.17, 15) is 18.0 Å². The molecule has 2 aromatic rings. The third kappa shape index (κ3) is 5.95. The Bertz CT molecular complexity index is 989. The van der Waals surface area contributed by atoms with E-state index in [-0.39, 0.29) is 17.4 Å². The van der Waals surface area contributed by atoms with Crippen molar-refractivity contribution in [2.75, 3.05) is 23.9 Å². The number of ether oxygens (including phenoxy) is 1. The fraction of sp³-hybridized carbons (Fsp3) is 0.300. The van der Waals surface area contributed by atoms with E-state index in [1.807, 2.05) is 24.3 Å². The van der Waals surface area contributed by atoms with Crippen LogP contribution < -0.4 is 20.7 Å². The Morgan fingerprint density at radius 3 is 2.55 bits per heavy atom. The van der Waals surface area contributed by atoms with Crippen molar-refractivity contribution in [3.8, 4) is 5.75 Å². The van der Waals surface area contributed by atoms with Gasteiger partial charge in [0, 0.05) is 23.8 Å². The molecule has 3 amide bonds. The molecule has 29 heavy (non-hydrogen) atoms.